The van der Waals surface area contributed by atoms with Crippen LogP contribution < -0.4 is 4.74 Å². The number of halogens is 1. The van der Waals surface area contributed by atoms with Gasteiger partial charge in [0.15, 0.2) is 11.6 Å². The Morgan fingerprint density at radius 1 is 1.11 bits per heavy atom. The molecule has 4 rings (SSSR count). The minimum atomic E-state index is -0.456. The van der Waals surface area contributed by atoms with Crippen molar-refractivity contribution in [2.45, 2.75) is 39.5 Å². The van der Waals surface area contributed by atoms with E-state index in [0.29, 0.717) is 39.2 Å². The van der Waals surface area contributed by atoms with E-state index in [4.69, 9.17) is 22.1 Å². The Hall–Kier alpha value is -2.97. The van der Waals surface area contributed by atoms with Gasteiger partial charge < -0.3 is 4.74 Å². The zero-order valence-electron chi connectivity index (χ0n) is 19.9. The Balaban J connectivity index is 1.69. The van der Waals surface area contributed by atoms with Crippen molar-refractivity contribution in [2.24, 2.45) is 0 Å². The summed E-state index contributed by atoms with van der Waals surface area (Å²) in [6.45, 7) is 4.98. The molecule has 1 aromatic heterocycles. The molecule has 1 fully saturated rings. The van der Waals surface area contributed by atoms with Crippen molar-refractivity contribution in [3.8, 4) is 22.7 Å². The van der Waals surface area contributed by atoms with Crippen LogP contribution in [0.25, 0.3) is 23.0 Å². The Bertz CT molecular complexity index is 1240. The third kappa shape index (κ3) is 5.82. The van der Waals surface area contributed by atoms with Gasteiger partial charge in [-0.2, -0.15) is 5.10 Å². The van der Waals surface area contributed by atoms with Gasteiger partial charge in [-0.1, -0.05) is 68.4 Å². The molecule has 3 aromatic rings. The highest BCUT2D eigenvalue weighted by atomic mass is 32.2. The Labute approximate surface area is 215 Å². The maximum atomic E-state index is 14.7. The predicted octanol–water partition coefficient (Wildman–Crippen LogP) is 6.86. The first-order chi connectivity index (χ1) is 17.0. The Morgan fingerprint density at radius 2 is 1.91 bits per heavy atom. The predicted molar refractivity (Wildman–Crippen MR) is 144 cm³/mol. The van der Waals surface area contributed by atoms with Gasteiger partial charge in [-0.15, -0.1) is 0 Å². The van der Waals surface area contributed by atoms with Crippen LogP contribution >= 0.6 is 24.0 Å². The molecule has 0 spiro atoms. The molecule has 1 aliphatic rings. The van der Waals surface area contributed by atoms with Crippen LogP contribution in [0, 0.1) is 5.82 Å². The highest BCUT2D eigenvalue weighted by Crippen LogP contribution is 2.35. The molecule has 0 radical (unpaired) electrons. The second-order valence-corrected chi connectivity index (χ2v) is 9.86. The molecule has 8 heteroatoms. The first kappa shape index (κ1) is 25.1. The molecule has 1 aliphatic heterocycles. The number of nitrogens with zero attached hydrogens (tertiary/aromatic N) is 3. The molecule has 0 saturated carbocycles. The van der Waals surface area contributed by atoms with E-state index in [1.807, 2.05) is 49.5 Å². The zero-order valence-corrected chi connectivity index (χ0v) is 21.5. The fourth-order valence-electron chi connectivity index (χ4n) is 3.88. The lowest BCUT2D eigenvalue weighted by molar-refractivity contribution is -0.122. The number of thiocarbonyl (C=S) groups is 1. The van der Waals surface area contributed by atoms with E-state index in [1.54, 1.807) is 21.7 Å². The number of thioether (sulfide) groups is 1. The van der Waals surface area contributed by atoms with Gasteiger partial charge >= 0.3 is 0 Å². The average Bonchev–Trinajstić information content (AvgIpc) is 3.40. The number of aromatic nitrogens is 2. The monoisotopic (exact) mass is 509 g/mol. The molecule has 1 saturated heterocycles. The number of carbonyl (C=O) groups is 1. The summed E-state index contributed by atoms with van der Waals surface area (Å²) in [5.74, 6) is -0.347. The third-order valence-electron chi connectivity index (χ3n) is 5.66. The lowest BCUT2D eigenvalue weighted by atomic mass is 10.1. The maximum absolute atomic E-state index is 14.7. The molecule has 0 N–H and O–H groups in total. The minimum Gasteiger partial charge on any atom is -0.491 e. The van der Waals surface area contributed by atoms with Gasteiger partial charge in [0.1, 0.15) is 10.0 Å². The zero-order chi connectivity index (χ0) is 24.8. The summed E-state index contributed by atoms with van der Waals surface area (Å²) in [6.07, 6.45) is 7.94. The smallest absolute Gasteiger partial charge is 0.266 e. The first-order valence-corrected chi connectivity index (χ1v) is 13.1. The molecule has 2 heterocycles. The normalized spacial score (nSPS) is 14.8. The second kappa shape index (κ2) is 11.6. The van der Waals surface area contributed by atoms with E-state index in [-0.39, 0.29) is 11.7 Å². The molecule has 1 amide bonds. The van der Waals surface area contributed by atoms with Crippen molar-refractivity contribution in [3.05, 3.63) is 71.0 Å². The fourth-order valence-corrected chi connectivity index (χ4v) is 5.18. The fraction of sp³-hybridized carbons (Fsp3) is 0.296. The average molecular weight is 510 g/mol. The SMILES string of the molecule is CCCCCCN1C(=O)C(=Cc2cn(-c3ccccc3)nc2-c2ccc(OCC)c(F)c2)SC1=S. The summed E-state index contributed by atoms with van der Waals surface area (Å²) in [7, 11) is 0. The summed E-state index contributed by atoms with van der Waals surface area (Å²) in [4.78, 5) is 15.4. The van der Waals surface area contributed by atoms with Crippen LogP contribution in [0.1, 0.15) is 45.1 Å². The lowest BCUT2D eigenvalue weighted by Gasteiger charge is -2.13. The molecular weight excluding hydrogens is 481 g/mol. The number of hydrogen-bond donors (Lipinski definition) is 0. The van der Waals surface area contributed by atoms with Crippen molar-refractivity contribution in [1.29, 1.82) is 0 Å². The molecule has 35 heavy (non-hydrogen) atoms. The van der Waals surface area contributed by atoms with Gasteiger partial charge in [0.05, 0.1) is 17.2 Å². The van der Waals surface area contributed by atoms with Crippen molar-refractivity contribution in [3.63, 3.8) is 0 Å². The van der Waals surface area contributed by atoms with Crippen LogP contribution in [0.15, 0.2) is 59.6 Å². The van der Waals surface area contributed by atoms with Gasteiger partial charge in [0, 0.05) is 23.9 Å². The van der Waals surface area contributed by atoms with E-state index in [1.165, 1.54) is 17.8 Å². The number of hydrogen-bond acceptors (Lipinski definition) is 5. The molecule has 0 atom stereocenters. The molecule has 0 aliphatic carbocycles. The number of ether oxygens (including phenoxy) is 1. The number of para-hydroxylation sites is 1. The maximum Gasteiger partial charge on any atom is 0.266 e. The molecule has 0 unspecified atom stereocenters. The highest BCUT2D eigenvalue weighted by molar-refractivity contribution is 8.26. The van der Waals surface area contributed by atoms with Gasteiger partial charge in [-0.25, -0.2) is 9.07 Å². The molecule has 182 valence electrons. The summed E-state index contributed by atoms with van der Waals surface area (Å²) >= 11 is 6.80. The van der Waals surface area contributed by atoms with E-state index in [2.05, 4.69) is 6.92 Å². The van der Waals surface area contributed by atoms with Gasteiger partial charge in [0.2, 0.25) is 0 Å². The van der Waals surface area contributed by atoms with Crippen molar-refractivity contribution >= 4 is 40.3 Å². The van der Waals surface area contributed by atoms with Gasteiger partial charge in [-0.3, -0.25) is 9.69 Å². The summed E-state index contributed by atoms with van der Waals surface area (Å²) < 4.78 is 22.3. The topological polar surface area (TPSA) is 47.4 Å². The summed E-state index contributed by atoms with van der Waals surface area (Å²) in [6, 6.07) is 14.5. The highest BCUT2D eigenvalue weighted by Gasteiger charge is 2.32. The largest absolute Gasteiger partial charge is 0.491 e. The number of rotatable bonds is 10. The lowest BCUT2D eigenvalue weighted by Crippen LogP contribution is -2.29. The van der Waals surface area contributed by atoms with E-state index >= 15 is 0 Å². The molecular formula is C27H28FN3O2S2. The number of unbranched alkanes of at least 4 members (excludes halogenated alkanes) is 3. The minimum absolute atomic E-state index is 0.0900. The Kier molecular flexibility index (Phi) is 8.36. The molecule has 2 aromatic carbocycles. The quantitative estimate of drug-likeness (QED) is 0.170. The van der Waals surface area contributed by atoms with Crippen LogP contribution in [0.5, 0.6) is 5.75 Å². The van der Waals surface area contributed by atoms with Crippen molar-refractivity contribution in [1.82, 2.24) is 14.7 Å². The number of benzene rings is 2. The van der Waals surface area contributed by atoms with E-state index in [0.717, 1.165) is 31.4 Å². The Morgan fingerprint density at radius 3 is 2.63 bits per heavy atom. The molecule has 0 bridgehead atoms. The standard InChI is InChI=1S/C27H28FN3O2S2/c1-3-5-6-10-15-30-26(32)24(35-27(30)34)17-20-18-31(21-11-8-7-9-12-21)29-25(20)19-13-14-23(33-4-2)22(28)16-19/h7-9,11-14,16-18H,3-6,10,15H2,1-2H3. The van der Waals surface area contributed by atoms with Crippen LogP contribution in [-0.4, -0.2) is 38.1 Å². The van der Waals surface area contributed by atoms with Crippen molar-refractivity contribution < 1.29 is 13.9 Å². The van der Waals surface area contributed by atoms with Crippen molar-refractivity contribution in [2.75, 3.05) is 13.2 Å². The third-order valence-corrected chi connectivity index (χ3v) is 7.04. The van der Waals surface area contributed by atoms with Crippen LogP contribution in [-0.2, 0) is 4.79 Å². The van der Waals surface area contributed by atoms with Crippen LogP contribution in [0.2, 0.25) is 0 Å². The molecule has 5 nitrogen and oxygen atoms in total. The van der Waals surface area contributed by atoms with Crippen LogP contribution in [0.3, 0.4) is 0 Å². The number of carbonyl (C=O) groups excluding carboxylic acids is 1. The van der Waals surface area contributed by atoms with E-state index < -0.39 is 5.82 Å². The summed E-state index contributed by atoms with van der Waals surface area (Å²) in [5, 5.41) is 4.74. The second-order valence-electron chi connectivity index (χ2n) is 8.19. The number of amides is 1. The van der Waals surface area contributed by atoms with Gasteiger partial charge in [0.25, 0.3) is 5.91 Å². The van der Waals surface area contributed by atoms with Gasteiger partial charge in [-0.05, 0) is 49.8 Å². The van der Waals surface area contributed by atoms with E-state index in [9.17, 15) is 9.18 Å². The summed E-state index contributed by atoms with van der Waals surface area (Å²) in [5.41, 5.74) is 2.75. The van der Waals surface area contributed by atoms with Crippen LogP contribution in [0.4, 0.5) is 4.39 Å². The first-order valence-electron chi connectivity index (χ1n) is 11.8.